The lowest BCUT2D eigenvalue weighted by atomic mass is 9.76. The van der Waals surface area contributed by atoms with E-state index >= 15 is 0 Å². The van der Waals surface area contributed by atoms with Crippen molar-refractivity contribution in [2.75, 3.05) is 7.11 Å². The quantitative estimate of drug-likeness (QED) is 0.697. The van der Waals surface area contributed by atoms with Crippen LogP contribution in [-0.2, 0) is 10.5 Å². The van der Waals surface area contributed by atoms with Crippen LogP contribution >= 0.6 is 11.6 Å². The van der Waals surface area contributed by atoms with Crippen LogP contribution in [0.3, 0.4) is 0 Å². The fraction of sp³-hybridized carbons (Fsp3) is 0.263. The highest BCUT2D eigenvalue weighted by Gasteiger charge is 2.59. The van der Waals surface area contributed by atoms with Crippen LogP contribution in [-0.4, -0.2) is 30.2 Å². The smallest absolute Gasteiger partial charge is 0.450 e. The van der Waals surface area contributed by atoms with E-state index in [0.717, 1.165) is 0 Å². The molecule has 0 bridgehead atoms. The Morgan fingerprint density at radius 2 is 1.79 bits per heavy atom. The predicted octanol–water partition coefficient (Wildman–Crippen LogP) is 3.30. The number of methoxy groups -OCH3 is 1. The number of ketones is 1. The number of ether oxygens (including phenoxy) is 1. The van der Waals surface area contributed by atoms with Crippen LogP contribution < -0.4 is 15.4 Å². The van der Waals surface area contributed by atoms with E-state index in [1.807, 2.05) is 0 Å². The maximum Gasteiger partial charge on any atom is 0.450 e. The third-order valence-electron chi connectivity index (χ3n) is 4.69. The summed E-state index contributed by atoms with van der Waals surface area (Å²) in [4.78, 5) is 24.7. The van der Waals surface area contributed by atoms with Crippen LogP contribution in [0.15, 0.2) is 48.5 Å². The van der Waals surface area contributed by atoms with Crippen LogP contribution in [0.2, 0.25) is 5.02 Å². The Labute approximate surface area is 168 Å². The molecular weight excluding hydrogens is 413 g/mol. The minimum atomic E-state index is -5.27. The zero-order valence-corrected chi connectivity index (χ0v) is 15.7. The zero-order chi connectivity index (χ0) is 21.4. The summed E-state index contributed by atoms with van der Waals surface area (Å²) in [6.45, 7) is 0. The van der Waals surface area contributed by atoms with Gasteiger partial charge in [0.2, 0.25) is 5.78 Å². The summed E-state index contributed by atoms with van der Waals surface area (Å²) in [6, 6.07) is 8.65. The molecule has 1 fully saturated rings. The SMILES string of the molecule is COc1ccccc1[C@@H]1NC(=O)N[C@@](O)(c2ccc(Cl)cc2)[C@@H]1C(=O)C(F)(F)F. The van der Waals surface area contributed by atoms with Crippen molar-refractivity contribution < 1.29 is 32.6 Å². The number of aliphatic hydroxyl groups is 1. The molecular formula is C19H16ClF3N2O4. The summed E-state index contributed by atoms with van der Waals surface area (Å²) in [6.07, 6.45) is -5.27. The Morgan fingerprint density at radius 3 is 2.38 bits per heavy atom. The van der Waals surface area contributed by atoms with E-state index in [1.54, 1.807) is 6.07 Å². The molecule has 0 spiro atoms. The predicted molar refractivity (Wildman–Crippen MR) is 97.3 cm³/mol. The molecule has 3 rings (SSSR count). The van der Waals surface area contributed by atoms with E-state index in [1.165, 1.54) is 49.6 Å². The van der Waals surface area contributed by atoms with Gasteiger partial charge in [0.1, 0.15) is 11.7 Å². The van der Waals surface area contributed by atoms with Gasteiger partial charge in [-0.3, -0.25) is 4.79 Å². The molecule has 0 radical (unpaired) electrons. The molecule has 3 atom stereocenters. The number of amides is 2. The van der Waals surface area contributed by atoms with Crippen molar-refractivity contribution >= 4 is 23.4 Å². The Hall–Kier alpha value is -2.78. The van der Waals surface area contributed by atoms with Gasteiger partial charge < -0.3 is 20.5 Å². The maximum atomic E-state index is 13.5. The highest BCUT2D eigenvalue weighted by Crippen LogP contribution is 2.44. The third kappa shape index (κ3) is 3.88. The standard InChI is InChI=1S/C19H16ClF3N2O4/c1-29-13-5-3-2-4-12(13)15-14(16(26)19(21,22)23)18(28,25-17(27)24-15)10-6-8-11(20)9-7-10/h2-9,14-15,28H,1H3,(H2,24,25,27)/t14-,15-,18+/m0/s1. The van der Waals surface area contributed by atoms with E-state index in [4.69, 9.17) is 16.3 Å². The lowest BCUT2D eigenvalue weighted by molar-refractivity contribution is -0.190. The fourth-order valence-corrected chi connectivity index (χ4v) is 3.53. The molecule has 10 heteroatoms. The summed E-state index contributed by atoms with van der Waals surface area (Å²) < 4.78 is 45.6. The number of hydrogen-bond donors (Lipinski definition) is 3. The number of alkyl halides is 3. The van der Waals surface area contributed by atoms with Gasteiger partial charge in [-0.2, -0.15) is 13.2 Å². The first-order valence-corrected chi connectivity index (χ1v) is 8.76. The Balaban J connectivity index is 2.22. The van der Waals surface area contributed by atoms with Crippen LogP contribution in [0.5, 0.6) is 5.75 Å². The monoisotopic (exact) mass is 428 g/mol. The Morgan fingerprint density at radius 1 is 1.17 bits per heavy atom. The second-order valence-corrected chi connectivity index (χ2v) is 6.87. The van der Waals surface area contributed by atoms with Crippen molar-refractivity contribution in [3.05, 3.63) is 64.7 Å². The molecule has 1 aliphatic rings. The molecule has 1 heterocycles. The number of benzene rings is 2. The van der Waals surface area contributed by atoms with E-state index in [9.17, 15) is 27.9 Å². The Bertz CT molecular complexity index is 936. The van der Waals surface area contributed by atoms with Gasteiger partial charge in [-0.1, -0.05) is 41.9 Å². The van der Waals surface area contributed by atoms with Crippen molar-refractivity contribution in [2.45, 2.75) is 17.9 Å². The molecule has 0 aliphatic carbocycles. The molecule has 0 unspecified atom stereocenters. The molecule has 0 saturated carbocycles. The average Bonchev–Trinajstić information content (AvgIpc) is 2.66. The van der Waals surface area contributed by atoms with Gasteiger partial charge in [0.15, 0.2) is 5.72 Å². The molecule has 1 aliphatic heterocycles. The van der Waals surface area contributed by atoms with Gasteiger partial charge in [-0.15, -0.1) is 0 Å². The lowest BCUT2D eigenvalue weighted by Gasteiger charge is -2.45. The summed E-state index contributed by atoms with van der Waals surface area (Å²) >= 11 is 5.82. The average molecular weight is 429 g/mol. The topological polar surface area (TPSA) is 87.7 Å². The first-order valence-electron chi connectivity index (χ1n) is 8.39. The molecule has 0 aromatic heterocycles. The first kappa shape index (κ1) is 20.9. The van der Waals surface area contributed by atoms with Crippen molar-refractivity contribution in [3.63, 3.8) is 0 Å². The van der Waals surface area contributed by atoms with Crippen LogP contribution in [0.25, 0.3) is 0 Å². The van der Waals surface area contributed by atoms with Crippen LogP contribution in [0, 0.1) is 5.92 Å². The van der Waals surface area contributed by atoms with Gasteiger partial charge >= 0.3 is 12.2 Å². The second kappa shape index (κ2) is 7.57. The number of Topliss-reactive ketones (excluding diaryl/α,β-unsaturated/α-hetero) is 1. The van der Waals surface area contributed by atoms with E-state index in [2.05, 4.69) is 10.6 Å². The number of halogens is 4. The van der Waals surface area contributed by atoms with E-state index in [0.29, 0.717) is 0 Å². The summed E-state index contributed by atoms with van der Waals surface area (Å²) in [5.74, 6) is -4.20. The molecule has 2 aromatic carbocycles. The number of hydrogen-bond acceptors (Lipinski definition) is 4. The van der Waals surface area contributed by atoms with Crippen molar-refractivity contribution in [3.8, 4) is 5.75 Å². The number of carbonyl (C=O) groups is 2. The van der Waals surface area contributed by atoms with Crippen molar-refractivity contribution in [1.29, 1.82) is 0 Å². The van der Waals surface area contributed by atoms with Crippen LogP contribution in [0.1, 0.15) is 17.2 Å². The van der Waals surface area contributed by atoms with Crippen LogP contribution in [0.4, 0.5) is 18.0 Å². The van der Waals surface area contributed by atoms with Gasteiger partial charge in [0.25, 0.3) is 0 Å². The van der Waals surface area contributed by atoms with Gasteiger partial charge in [-0.05, 0) is 18.2 Å². The largest absolute Gasteiger partial charge is 0.496 e. The first-order chi connectivity index (χ1) is 13.6. The molecule has 154 valence electrons. The molecule has 2 amide bonds. The fourth-order valence-electron chi connectivity index (χ4n) is 3.41. The Kier molecular flexibility index (Phi) is 5.46. The number of carbonyl (C=O) groups excluding carboxylic acids is 2. The zero-order valence-electron chi connectivity index (χ0n) is 15.0. The summed E-state index contributed by atoms with van der Waals surface area (Å²) in [5.41, 5.74) is -2.66. The molecule has 29 heavy (non-hydrogen) atoms. The second-order valence-electron chi connectivity index (χ2n) is 6.43. The summed E-state index contributed by atoms with van der Waals surface area (Å²) in [5, 5.41) is 15.9. The lowest BCUT2D eigenvalue weighted by Crippen LogP contribution is -2.66. The third-order valence-corrected chi connectivity index (χ3v) is 4.95. The minimum absolute atomic E-state index is 0.111. The number of urea groups is 1. The summed E-state index contributed by atoms with van der Waals surface area (Å²) in [7, 11) is 1.30. The van der Waals surface area contributed by atoms with Crippen molar-refractivity contribution in [2.24, 2.45) is 5.92 Å². The number of nitrogens with one attached hydrogen (secondary N) is 2. The highest BCUT2D eigenvalue weighted by atomic mass is 35.5. The van der Waals surface area contributed by atoms with E-state index < -0.39 is 35.7 Å². The number of rotatable bonds is 4. The van der Waals surface area contributed by atoms with Crippen molar-refractivity contribution in [1.82, 2.24) is 10.6 Å². The molecule has 6 nitrogen and oxygen atoms in total. The van der Waals surface area contributed by atoms with Gasteiger partial charge in [0.05, 0.1) is 13.2 Å². The van der Waals surface area contributed by atoms with Gasteiger partial charge in [0, 0.05) is 16.1 Å². The normalized spacial score (nSPS) is 24.4. The van der Waals surface area contributed by atoms with E-state index in [-0.39, 0.29) is 21.9 Å². The van der Waals surface area contributed by atoms with Gasteiger partial charge in [-0.25, -0.2) is 4.79 Å². The highest BCUT2D eigenvalue weighted by molar-refractivity contribution is 6.30. The molecule has 1 saturated heterocycles. The minimum Gasteiger partial charge on any atom is -0.496 e. The number of para-hydroxylation sites is 1. The molecule has 2 aromatic rings. The molecule has 3 N–H and O–H groups in total. The maximum absolute atomic E-state index is 13.5.